The maximum absolute atomic E-state index is 12.6. The van der Waals surface area contributed by atoms with E-state index in [0.717, 1.165) is 5.56 Å². The van der Waals surface area contributed by atoms with E-state index in [1.54, 1.807) is 0 Å². The fraction of sp³-hybridized carbons (Fsp3) is 0.533. The monoisotopic (exact) mass is 311 g/mol. The lowest BCUT2D eigenvalue weighted by molar-refractivity contribution is 0.360. The van der Waals surface area contributed by atoms with Gasteiger partial charge in [-0.15, -0.1) is 0 Å². The Labute approximate surface area is 127 Å². The van der Waals surface area contributed by atoms with E-state index in [-0.39, 0.29) is 36.5 Å². The first-order valence-corrected chi connectivity index (χ1v) is 8.72. The van der Waals surface area contributed by atoms with E-state index in [4.69, 9.17) is 11.1 Å². The van der Waals surface area contributed by atoms with E-state index < -0.39 is 10.0 Å². The summed E-state index contributed by atoms with van der Waals surface area (Å²) >= 11 is 0. The van der Waals surface area contributed by atoms with Crippen molar-refractivity contribution in [3.8, 4) is 0 Å². The molecule has 6 heteroatoms. The van der Waals surface area contributed by atoms with Crippen LogP contribution in [0.25, 0.3) is 0 Å². The minimum Gasteiger partial charge on any atom is -0.388 e. The molecule has 5 nitrogen and oxygen atoms in total. The second-order valence-electron chi connectivity index (χ2n) is 5.57. The molecule has 1 atom stereocenters. The third-order valence-corrected chi connectivity index (χ3v) is 5.60. The van der Waals surface area contributed by atoms with Crippen molar-refractivity contribution in [1.29, 1.82) is 5.41 Å². The van der Waals surface area contributed by atoms with Crippen LogP contribution in [0.4, 0.5) is 0 Å². The first kappa shape index (κ1) is 17.7. The summed E-state index contributed by atoms with van der Waals surface area (Å²) in [5.41, 5.74) is 6.35. The van der Waals surface area contributed by atoms with Gasteiger partial charge in [0.15, 0.2) is 0 Å². The maximum Gasteiger partial charge on any atom is 0.214 e. The zero-order chi connectivity index (χ0) is 16.0. The Morgan fingerprint density at radius 2 is 1.81 bits per heavy atom. The SMILES string of the molecule is CC(CS(=O)(=O)N(CCC(=N)N)C(C)C)c1ccccc1. The van der Waals surface area contributed by atoms with Crippen molar-refractivity contribution >= 4 is 15.9 Å². The lowest BCUT2D eigenvalue weighted by Gasteiger charge is -2.27. The summed E-state index contributed by atoms with van der Waals surface area (Å²) in [4.78, 5) is 0. The first-order chi connectivity index (χ1) is 9.74. The molecule has 0 heterocycles. The number of nitrogens with one attached hydrogen (secondary N) is 1. The van der Waals surface area contributed by atoms with Crippen LogP contribution in [0.3, 0.4) is 0 Å². The van der Waals surface area contributed by atoms with Crippen LogP contribution >= 0.6 is 0 Å². The molecule has 0 aliphatic rings. The molecule has 0 aliphatic heterocycles. The molecule has 0 spiro atoms. The molecule has 0 aliphatic carbocycles. The Balaban J connectivity index is 2.84. The summed E-state index contributed by atoms with van der Waals surface area (Å²) in [5, 5.41) is 7.27. The van der Waals surface area contributed by atoms with Crippen LogP contribution in [0.15, 0.2) is 30.3 Å². The predicted octanol–water partition coefficient (Wildman–Crippen LogP) is 2.16. The van der Waals surface area contributed by atoms with Gasteiger partial charge in [0, 0.05) is 19.0 Å². The largest absolute Gasteiger partial charge is 0.388 e. The Morgan fingerprint density at radius 1 is 1.24 bits per heavy atom. The summed E-state index contributed by atoms with van der Waals surface area (Å²) in [7, 11) is -3.38. The Bertz CT molecular complexity index is 556. The topological polar surface area (TPSA) is 87.2 Å². The number of hydrogen-bond donors (Lipinski definition) is 2. The lowest BCUT2D eigenvalue weighted by Crippen LogP contribution is -2.41. The normalized spacial score (nSPS) is 13.6. The van der Waals surface area contributed by atoms with Crippen LogP contribution in [0.5, 0.6) is 0 Å². The predicted molar refractivity (Wildman–Crippen MR) is 87.0 cm³/mol. The highest BCUT2D eigenvalue weighted by Gasteiger charge is 2.27. The molecule has 0 saturated carbocycles. The van der Waals surface area contributed by atoms with Crippen LogP contribution < -0.4 is 5.73 Å². The van der Waals surface area contributed by atoms with Gasteiger partial charge in [-0.25, -0.2) is 8.42 Å². The van der Waals surface area contributed by atoms with Crippen LogP contribution in [0, 0.1) is 5.41 Å². The zero-order valence-electron chi connectivity index (χ0n) is 12.9. The molecule has 0 radical (unpaired) electrons. The number of nitrogens with zero attached hydrogens (tertiary/aromatic N) is 1. The van der Waals surface area contributed by atoms with Crippen molar-refractivity contribution in [2.45, 2.75) is 39.2 Å². The molecule has 118 valence electrons. The number of sulfonamides is 1. The van der Waals surface area contributed by atoms with Gasteiger partial charge in [-0.2, -0.15) is 4.31 Å². The molecule has 1 rings (SSSR count). The molecule has 0 fully saturated rings. The second kappa shape index (κ2) is 7.56. The standard InChI is InChI=1S/C15H25N3O2S/c1-12(2)18(10-9-15(16)17)21(19,20)11-13(3)14-7-5-4-6-8-14/h4-8,12-13H,9-11H2,1-3H3,(H3,16,17). The molecule has 0 aromatic heterocycles. The second-order valence-corrected chi connectivity index (χ2v) is 7.54. The average molecular weight is 311 g/mol. The van der Waals surface area contributed by atoms with Crippen molar-refractivity contribution in [3.05, 3.63) is 35.9 Å². The molecule has 1 aromatic rings. The van der Waals surface area contributed by atoms with Crippen LogP contribution in [0.2, 0.25) is 0 Å². The Morgan fingerprint density at radius 3 is 2.29 bits per heavy atom. The molecule has 3 N–H and O–H groups in total. The third kappa shape index (κ3) is 5.47. The third-order valence-electron chi connectivity index (χ3n) is 3.36. The minimum atomic E-state index is -3.38. The Kier molecular flexibility index (Phi) is 6.36. The molecule has 1 unspecified atom stereocenters. The van der Waals surface area contributed by atoms with E-state index in [0.29, 0.717) is 0 Å². The number of benzene rings is 1. The van der Waals surface area contributed by atoms with E-state index in [1.807, 2.05) is 51.1 Å². The zero-order valence-corrected chi connectivity index (χ0v) is 13.7. The Hall–Kier alpha value is -1.40. The van der Waals surface area contributed by atoms with Crippen molar-refractivity contribution in [2.24, 2.45) is 5.73 Å². The molecule has 0 amide bonds. The summed E-state index contributed by atoms with van der Waals surface area (Å²) in [5.74, 6) is -0.00524. The molecule has 1 aromatic carbocycles. The fourth-order valence-corrected chi connectivity index (χ4v) is 4.27. The first-order valence-electron chi connectivity index (χ1n) is 7.11. The molecule has 21 heavy (non-hydrogen) atoms. The van der Waals surface area contributed by atoms with Crippen LogP contribution in [-0.4, -0.2) is 36.9 Å². The molecule has 0 bridgehead atoms. The van der Waals surface area contributed by atoms with E-state index in [2.05, 4.69) is 0 Å². The van der Waals surface area contributed by atoms with Gasteiger partial charge in [0.05, 0.1) is 11.6 Å². The number of nitrogens with two attached hydrogens (primary N) is 1. The number of rotatable bonds is 8. The smallest absolute Gasteiger partial charge is 0.214 e. The van der Waals surface area contributed by atoms with Gasteiger partial charge in [-0.05, 0) is 25.3 Å². The molecular weight excluding hydrogens is 286 g/mol. The van der Waals surface area contributed by atoms with Crippen molar-refractivity contribution in [2.75, 3.05) is 12.3 Å². The van der Waals surface area contributed by atoms with Crippen LogP contribution in [-0.2, 0) is 10.0 Å². The van der Waals surface area contributed by atoms with Gasteiger partial charge in [0.2, 0.25) is 10.0 Å². The van der Waals surface area contributed by atoms with Crippen molar-refractivity contribution < 1.29 is 8.42 Å². The minimum absolute atomic E-state index is 0.00644. The summed E-state index contributed by atoms with van der Waals surface area (Å²) in [6.45, 7) is 5.85. The summed E-state index contributed by atoms with van der Waals surface area (Å²) in [6, 6.07) is 9.48. The van der Waals surface area contributed by atoms with Gasteiger partial charge in [-0.3, -0.25) is 5.41 Å². The van der Waals surface area contributed by atoms with Gasteiger partial charge < -0.3 is 5.73 Å². The fourth-order valence-electron chi connectivity index (χ4n) is 2.24. The maximum atomic E-state index is 12.6. The van der Waals surface area contributed by atoms with Gasteiger partial charge in [-0.1, -0.05) is 37.3 Å². The van der Waals surface area contributed by atoms with Crippen molar-refractivity contribution in [3.63, 3.8) is 0 Å². The van der Waals surface area contributed by atoms with Gasteiger partial charge in [0.25, 0.3) is 0 Å². The van der Waals surface area contributed by atoms with E-state index in [1.165, 1.54) is 4.31 Å². The quantitative estimate of drug-likeness (QED) is 0.569. The highest BCUT2D eigenvalue weighted by molar-refractivity contribution is 7.89. The lowest BCUT2D eigenvalue weighted by atomic mass is 10.0. The van der Waals surface area contributed by atoms with E-state index in [9.17, 15) is 8.42 Å². The highest BCUT2D eigenvalue weighted by Crippen LogP contribution is 2.20. The van der Waals surface area contributed by atoms with Gasteiger partial charge >= 0.3 is 0 Å². The number of hydrogen-bond acceptors (Lipinski definition) is 3. The molecule has 0 saturated heterocycles. The van der Waals surface area contributed by atoms with Crippen molar-refractivity contribution in [1.82, 2.24) is 4.31 Å². The summed E-state index contributed by atoms with van der Waals surface area (Å²) in [6.07, 6.45) is 0.261. The average Bonchev–Trinajstić information content (AvgIpc) is 2.38. The summed E-state index contributed by atoms with van der Waals surface area (Å²) < 4.78 is 26.6. The number of amidine groups is 1. The van der Waals surface area contributed by atoms with E-state index >= 15 is 0 Å². The highest BCUT2D eigenvalue weighted by atomic mass is 32.2. The van der Waals surface area contributed by atoms with Crippen LogP contribution in [0.1, 0.15) is 38.7 Å². The van der Waals surface area contributed by atoms with Gasteiger partial charge in [0.1, 0.15) is 0 Å². The molecular formula is C15H25N3O2S.